The van der Waals surface area contributed by atoms with Crippen LogP contribution in [0.2, 0.25) is 0 Å². The highest BCUT2D eigenvalue weighted by atomic mass is 79.9. The van der Waals surface area contributed by atoms with Gasteiger partial charge in [-0.15, -0.1) is 0 Å². The molecule has 0 aromatic carbocycles. The van der Waals surface area contributed by atoms with Crippen molar-refractivity contribution in [2.24, 2.45) is 0 Å². The lowest BCUT2D eigenvalue weighted by atomic mass is 10.7. The Morgan fingerprint density at radius 1 is 1.83 bits per heavy atom. The summed E-state index contributed by atoms with van der Waals surface area (Å²) in [4.78, 5) is 1.29. The van der Waals surface area contributed by atoms with Crippen LogP contribution in [0.15, 0.2) is 10.7 Å². The SMILES string of the molecule is [O-]/C(=C\Br)[CH+]Br. The highest BCUT2D eigenvalue weighted by molar-refractivity contribution is 9.11. The lowest BCUT2D eigenvalue weighted by Gasteiger charge is -1.89. The highest BCUT2D eigenvalue weighted by Gasteiger charge is 1.80. The average Bonchev–Trinajstić information content (AvgIpc) is 1.65. The number of allylic oxidation sites excluding steroid dienone is 1. The minimum absolute atomic E-state index is 0.0741. The van der Waals surface area contributed by atoms with E-state index in [1.165, 1.54) is 10.3 Å². The van der Waals surface area contributed by atoms with Crippen LogP contribution in [0.3, 0.4) is 0 Å². The first-order valence-electron chi connectivity index (χ1n) is 1.22. The van der Waals surface area contributed by atoms with Gasteiger partial charge in [-0.05, 0) is 0 Å². The van der Waals surface area contributed by atoms with Gasteiger partial charge in [-0.3, -0.25) is 0 Å². The Balaban J connectivity index is 3.22. The molecule has 0 aliphatic rings. The molecular formula is C3H2Br2O. The van der Waals surface area contributed by atoms with Crippen LogP contribution >= 0.6 is 31.9 Å². The number of halogens is 2. The van der Waals surface area contributed by atoms with Crippen LogP contribution in [-0.4, -0.2) is 0 Å². The second-order valence-corrected chi connectivity index (χ2v) is 1.54. The summed E-state index contributed by atoms with van der Waals surface area (Å²) >= 11 is 5.68. The molecule has 0 amide bonds. The molecule has 0 spiro atoms. The minimum Gasteiger partial charge on any atom is -0.840 e. The van der Waals surface area contributed by atoms with Gasteiger partial charge in [0, 0.05) is 0 Å². The van der Waals surface area contributed by atoms with Crippen molar-refractivity contribution in [3.05, 3.63) is 16.1 Å². The summed E-state index contributed by atoms with van der Waals surface area (Å²) in [6.07, 6.45) is 0. The number of rotatable bonds is 1. The molecule has 0 heterocycles. The summed E-state index contributed by atoms with van der Waals surface area (Å²) in [5.74, 6) is -0.0741. The Morgan fingerprint density at radius 2 is 2.33 bits per heavy atom. The van der Waals surface area contributed by atoms with Gasteiger partial charge in [0.15, 0.2) is 0 Å². The molecule has 0 aromatic rings. The summed E-state index contributed by atoms with van der Waals surface area (Å²) in [5, 5.41) is 11.3. The average molecular weight is 214 g/mol. The maximum atomic E-state index is 9.98. The van der Waals surface area contributed by atoms with E-state index in [-0.39, 0.29) is 5.76 Å². The lowest BCUT2D eigenvalue weighted by Crippen LogP contribution is -1.98. The first-order chi connectivity index (χ1) is 2.81. The summed E-state index contributed by atoms with van der Waals surface area (Å²) in [6, 6.07) is 0. The Labute approximate surface area is 53.3 Å². The summed E-state index contributed by atoms with van der Waals surface area (Å²) in [5.41, 5.74) is 0. The summed E-state index contributed by atoms with van der Waals surface area (Å²) < 4.78 is 0. The highest BCUT2D eigenvalue weighted by Crippen LogP contribution is 1.98. The Morgan fingerprint density at radius 3 is 2.33 bits per heavy atom. The van der Waals surface area contributed by atoms with Gasteiger partial charge in [0.2, 0.25) is 0 Å². The monoisotopic (exact) mass is 212 g/mol. The maximum Gasteiger partial charge on any atom is 0.104 e. The van der Waals surface area contributed by atoms with Crippen LogP contribution in [0.25, 0.3) is 0 Å². The van der Waals surface area contributed by atoms with Gasteiger partial charge in [0.1, 0.15) is 10.3 Å². The van der Waals surface area contributed by atoms with Crippen molar-refractivity contribution in [3.63, 3.8) is 0 Å². The third-order valence-electron chi connectivity index (χ3n) is 0.215. The van der Waals surface area contributed by atoms with Gasteiger partial charge in [-0.25, -0.2) is 0 Å². The zero-order valence-electron chi connectivity index (χ0n) is 2.82. The topological polar surface area (TPSA) is 23.1 Å². The van der Waals surface area contributed by atoms with Gasteiger partial charge < -0.3 is 5.11 Å². The van der Waals surface area contributed by atoms with Crippen LogP contribution < -0.4 is 5.11 Å². The van der Waals surface area contributed by atoms with E-state index in [1.54, 1.807) is 0 Å². The van der Waals surface area contributed by atoms with E-state index >= 15 is 0 Å². The van der Waals surface area contributed by atoms with Crippen molar-refractivity contribution in [1.82, 2.24) is 0 Å². The maximum absolute atomic E-state index is 9.98. The zero-order chi connectivity index (χ0) is 4.99. The van der Waals surface area contributed by atoms with E-state index < -0.39 is 0 Å². The minimum atomic E-state index is -0.0741. The molecule has 0 rings (SSSR count). The molecule has 0 saturated carbocycles. The molecule has 0 unspecified atom stereocenters. The van der Waals surface area contributed by atoms with E-state index in [4.69, 9.17) is 0 Å². The van der Waals surface area contributed by atoms with Crippen LogP contribution in [0.1, 0.15) is 0 Å². The molecular weight excluding hydrogens is 212 g/mol. The molecule has 0 aliphatic carbocycles. The largest absolute Gasteiger partial charge is 0.840 e. The van der Waals surface area contributed by atoms with E-state index in [9.17, 15) is 5.11 Å². The molecule has 0 saturated heterocycles. The molecule has 0 aliphatic heterocycles. The van der Waals surface area contributed by atoms with Crippen molar-refractivity contribution in [1.29, 1.82) is 0 Å². The zero-order valence-corrected chi connectivity index (χ0v) is 5.99. The van der Waals surface area contributed by atoms with E-state index in [1.807, 2.05) is 0 Å². The van der Waals surface area contributed by atoms with Gasteiger partial charge in [-0.1, -0.05) is 0 Å². The first-order valence-corrected chi connectivity index (χ1v) is 3.05. The van der Waals surface area contributed by atoms with Crippen LogP contribution in [-0.2, 0) is 0 Å². The first kappa shape index (κ1) is 6.37. The molecule has 34 valence electrons. The van der Waals surface area contributed by atoms with Gasteiger partial charge in [-0.2, -0.15) is 0 Å². The standard InChI is InChI=1S/C3H2Br2O/c4-1-3(6)2-5/h1-2H/b3-1-. The molecule has 0 fully saturated rings. The Hall–Kier alpha value is 0.370. The smallest absolute Gasteiger partial charge is 0.104 e. The molecule has 6 heavy (non-hydrogen) atoms. The van der Waals surface area contributed by atoms with Crippen LogP contribution in [0.4, 0.5) is 0 Å². The molecule has 0 radical (unpaired) electrons. The van der Waals surface area contributed by atoms with Gasteiger partial charge >= 0.3 is 0 Å². The quantitative estimate of drug-likeness (QED) is 0.474. The third-order valence-corrected chi connectivity index (χ3v) is 1.12. The second kappa shape index (κ2) is 3.56. The predicted molar refractivity (Wildman–Crippen MR) is 30.2 cm³/mol. The third kappa shape index (κ3) is 2.60. The van der Waals surface area contributed by atoms with Crippen molar-refractivity contribution in [2.45, 2.75) is 0 Å². The van der Waals surface area contributed by atoms with Crippen molar-refractivity contribution >= 4 is 31.9 Å². The lowest BCUT2D eigenvalue weighted by molar-refractivity contribution is -0.295. The van der Waals surface area contributed by atoms with Crippen molar-refractivity contribution in [3.8, 4) is 0 Å². The molecule has 1 nitrogen and oxygen atoms in total. The van der Waals surface area contributed by atoms with Crippen LogP contribution in [0, 0.1) is 5.33 Å². The molecule has 0 aromatic heterocycles. The van der Waals surface area contributed by atoms with Crippen LogP contribution in [0.5, 0.6) is 0 Å². The van der Waals surface area contributed by atoms with E-state index in [0.717, 1.165) is 0 Å². The van der Waals surface area contributed by atoms with E-state index in [0.29, 0.717) is 0 Å². The second-order valence-electron chi connectivity index (χ2n) is 0.621. The molecule has 0 atom stereocenters. The van der Waals surface area contributed by atoms with Gasteiger partial charge in [0.05, 0.1) is 37.6 Å². The number of hydrogen-bond acceptors (Lipinski definition) is 1. The molecule has 3 heteroatoms. The van der Waals surface area contributed by atoms with E-state index in [2.05, 4.69) is 31.9 Å². The van der Waals surface area contributed by atoms with Crippen molar-refractivity contribution in [2.75, 3.05) is 0 Å². The Kier molecular flexibility index (Phi) is 3.78. The normalized spacial score (nSPS) is 11.3. The number of hydrogen-bond donors (Lipinski definition) is 0. The predicted octanol–water partition coefficient (Wildman–Crippen LogP) is 1.14. The Bertz CT molecular complexity index is 59.8. The van der Waals surface area contributed by atoms with Gasteiger partial charge in [0.25, 0.3) is 0 Å². The fraction of sp³-hybridized carbons (Fsp3) is 0. The fourth-order valence-electron chi connectivity index (χ4n) is 0.0238. The summed E-state index contributed by atoms with van der Waals surface area (Å²) in [7, 11) is 0. The fourth-order valence-corrected chi connectivity index (χ4v) is 0.643. The molecule has 0 bridgehead atoms. The summed E-state index contributed by atoms with van der Waals surface area (Å²) in [6.45, 7) is 0. The van der Waals surface area contributed by atoms with Crippen molar-refractivity contribution < 1.29 is 5.11 Å². The molecule has 0 N–H and O–H groups in total.